The number of aromatic hydroxyl groups is 1. The molecule has 0 atom stereocenters. The smallest absolute Gasteiger partial charge is 0.261 e. The normalized spacial score (nSPS) is 20.3. The standard InChI is InChI=1S/C27H34F2N4O6S/c28-27(29)5-3-19(4-6-27)33-16-20(24(36)23(35)17-33)25(37)30-21-2-1-18(31-40(38,39)14-13-34)15-22(21)32-11-9-26(7-8-26)10-12-32/h1-2,15-17,19,31,34-35H,3-14H2,(H,30,37). The molecule has 40 heavy (non-hydrogen) atoms. The number of hydrogen-bond acceptors (Lipinski definition) is 7. The number of pyridine rings is 1. The fraction of sp³-hybridized carbons (Fsp3) is 0.556. The number of anilines is 3. The zero-order valence-corrected chi connectivity index (χ0v) is 22.9. The van der Waals surface area contributed by atoms with Crippen LogP contribution in [-0.2, 0) is 10.0 Å². The number of aromatic nitrogens is 1. The number of halogens is 2. The maximum atomic E-state index is 13.7. The van der Waals surface area contributed by atoms with Gasteiger partial charge in [-0.1, -0.05) is 0 Å². The zero-order valence-electron chi connectivity index (χ0n) is 22.0. The van der Waals surface area contributed by atoms with Gasteiger partial charge in [-0.05, 0) is 62.1 Å². The molecule has 2 saturated carbocycles. The minimum Gasteiger partial charge on any atom is -0.503 e. The number of hydrogen-bond donors (Lipinski definition) is 4. The van der Waals surface area contributed by atoms with Crippen LogP contribution < -0.4 is 20.4 Å². The van der Waals surface area contributed by atoms with Crippen molar-refractivity contribution in [3.8, 4) is 5.75 Å². The molecule has 2 aliphatic carbocycles. The van der Waals surface area contributed by atoms with E-state index in [9.17, 15) is 31.9 Å². The van der Waals surface area contributed by atoms with Crippen LogP contribution in [0.15, 0.2) is 35.4 Å². The van der Waals surface area contributed by atoms with E-state index in [0.717, 1.165) is 12.8 Å². The highest BCUT2D eigenvalue weighted by Crippen LogP contribution is 2.54. The average molecular weight is 581 g/mol. The summed E-state index contributed by atoms with van der Waals surface area (Å²) < 4.78 is 55.7. The van der Waals surface area contributed by atoms with Crippen LogP contribution in [0.25, 0.3) is 0 Å². The summed E-state index contributed by atoms with van der Waals surface area (Å²) in [6.07, 6.45) is 6.43. The van der Waals surface area contributed by atoms with Crippen molar-refractivity contribution in [3.63, 3.8) is 0 Å². The summed E-state index contributed by atoms with van der Waals surface area (Å²) in [5, 5.41) is 22.1. The van der Waals surface area contributed by atoms with Crippen molar-refractivity contribution in [1.29, 1.82) is 0 Å². The first-order valence-corrected chi connectivity index (χ1v) is 15.2. The maximum absolute atomic E-state index is 13.7. The molecule has 13 heteroatoms. The molecule has 3 fully saturated rings. The Kier molecular flexibility index (Phi) is 7.55. The molecular weight excluding hydrogens is 546 g/mol. The quantitative estimate of drug-likeness (QED) is 0.373. The summed E-state index contributed by atoms with van der Waals surface area (Å²) in [7, 11) is -3.78. The maximum Gasteiger partial charge on any atom is 0.261 e. The SMILES string of the molecule is O=C(Nc1ccc(NS(=O)(=O)CCO)cc1N1CCC2(CC1)CC2)c1cn(C2CCC(F)(F)CC2)cc(O)c1=O. The molecule has 218 valence electrons. The second kappa shape index (κ2) is 10.7. The van der Waals surface area contributed by atoms with Gasteiger partial charge in [-0.3, -0.25) is 14.3 Å². The number of sulfonamides is 1. The lowest BCUT2D eigenvalue weighted by Crippen LogP contribution is -2.35. The van der Waals surface area contributed by atoms with Gasteiger partial charge in [0.2, 0.25) is 21.4 Å². The molecule has 3 aliphatic rings. The summed E-state index contributed by atoms with van der Waals surface area (Å²) in [6, 6.07) is 4.24. The van der Waals surface area contributed by atoms with Gasteiger partial charge in [0.1, 0.15) is 5.56 Å². The fourth-order valence-electron chi connectivity index (χ4n) is 5.68. The van der Waals surface area contributed by atoms with E-state index >= 15 is 0 Å². The topological polar surface area (TPSA) is 141 Å². The highest BCUT2D eigenvalue weighted by atomic mass is 32.2. The molecule has 2 aromatic rings. The Bertz CT molecular complexity index is 1440. The summed E-state index contributed by atoms with van der Waals surface area (Å²) in [5.41, 5.74) is 0.360. The molecule has 1 aliphatic heterocycles. The van der Waals surface area contributed by atoms with Gasteiger partial charge < -0.3 is 25.0 Å². The van der Waals surface area contributed by atoms with Gasteiger partial charge in [0.15, 0.2) is 5.75 Å². The minimum absolute atomic E-state index is 0.143. The van der Waals surface area contributed by atoms with Gasteiger partial charge in [-0.15, -0.1) is 0 Å². The molecule has 1 amide bonds. The molecule has 2 heterocycles. The van der Waals surface area contributed by atoms with Crippen LogP contribution in [0.4, 0.5) is 25.8 Å². The lowest BCUT2D eigenvalue weighted by molar-refractivity contribution is -0.0440. The minimum atomic E-state index is -3.78. The van der Waals surface area contributed by atoms with Crippen LogP contribution in [0.5, 0.6) is 5.75 Å². The van der Waals surface area contributed by atoms with E-state index in [2.05, 4.69) is 14.9 Å². The fourth-order valence-corrected chi connectivity index (χ4v) is 6.51. The number of piperidine rings is 1. The Labute approximate surface area is 231 Å². The average Bonchev–Trinajstić information content (AvgIpc) is 3.65. The summed E-state index contributed by atoms with van der Waals surface area (Å²) in [5.74, 6) is -4.64. The number of nitrogens with one attached hydrogen (secondary N) is 2. The van der Waals surface area contributed by atoms with Crippen molar-refractivity contribution in [2.45, 2.75) is 63.3 Å². The zero-order chi connectivity index (χ0) is 28.7. The van der Waals surface area contributed by atoms with Gasteiger partial charge in [0.05, 0.1) is 35.6 Å². The first kappa shape index (κ1) is 28.3. The number of benzene rings is 1. The van der Waals surface area contributed by atoms with Crippen molar-refractivity contribution in [2.75, 3.05) is 40.4 Å². The third-order valence-electron chi connectivity index (χ3n) is 8.38. The second-order valence-electron chi connectivity index (χ2n) is 11.2. The van der Waals surface area contributed by atoms with Crippen LogP contribution in [-0.4, -0.2) is 60.5 Å². The van der Waals surface area contributed by atoms with E-state index in [1.165, 1.54) is 41.9 Å². The van der Waals surface area contributed by atoms with Crippen molar-refractivity contribution in [3.05, 3.63) is 46.4 Å². The van der Waals surface area contributed by atoms with Crippen LogP contribution in [0.1, 0.15) is 67.8 Å². The number of nitrogens with zero attached hydrogens (tertiary/aromatic N) is 2. The van der Waals surface area contributed by atoms with Gasteiger partial charge in [0, 0.05) is 38.2 Å². The third kappa shape index (κ3) is 6.25. The van der Waals surface area contributed by atoms with Crippen LogP contribution in [0, 0.1) is 5.41 Å². The van der Waals surface area contributed by atoms with Crippen molar-refractivity contribution in [1.82, 2.24) is 4.57 Å². The number of carbonyl (C=O) groups excluding carboxylic acids is 1. The molecule has 0 unspecified atom stereocenters. The van der Waals surface area contributed by atoms with Crippen LogP contribution in [0.3, 0.4) is 0 Å². The van der Waals surface area contributed by atoms with E-state index in [0.29, 0.717) is 29.9 Å². The highest BCUT2D eigenvalue weighted by molar-refractivity contribution is 7.92. The molecule has 1 aromatic heterocycles. The molecule has 0 bridgehead atoms. The largest absolute Gasteiger partial charge is 0.503 e. The first-order chi connectivity index (χ1) is 18.9. The van der Waals surface area contributed by atoms with Gasteiger partial charge in [0.25, 0.3) is 5.91 Å². The van der Waals surface area contributed by atoms with E-state index in [1.54, 1.807) is 6.07 Å². The monoisotopic (exact) mass is 580 g/mol. The molecule has 1 aromatic carbocycles. The summed E-state index contributed by atoms with van der Waals surface area (Å²) in [4.78, 5) is 28.1. The molecule has 4 N–H and O–H groups in total. The van der Waals surface area contributed by atoms with Crippen molar-refractivity contribution >= 4 is 33.0 Å². The molecule has 10 nitrogen and oxygen atoms in total. The summed E-state index contributed by atoms with van der Waals surface area (Å²) >= 11 is 0. The number of rotatable bonds is 8. The van der Waals surface area contributed by atoms with Crippen molar-refractivity contribution < 1.29 is 32.2 Å². The second-order valence-corrected chi connectivity index (χ2v) is 13.1. The van der Waals surface area contributed by atoms with Gasteiger partial charge in [-0.2, -0.15) is 0 Å². The Hall–Kier alpha value is -3.19. The number of carbonyl (C=O) groups is 1. The predicted octanol–water partition coefficient (Wildman–Crippen LogP) is 3.67. The Balaban J connectivity index is 1.42. The first-order valence-electron chi connectivity index (χ1n) is 13.5. The molecule has 1 spiro atoms. The van der Waals surface area contributed by atoms with Gasteiger partial charge in [-0.25, -0.2) is 17.2 Å². The number of aliphatic hydroxyl groups excluding tert-OH is 1. The number of alkyl halides is 2. The van der Waals surface area contributed by atoms with E-state index in [-0.39, 0.29) is 43.0 Å². The lowest BCUT2D eigenvalue weighted by atomic mass is 9.92. The Morgan fingerprint density at radius 2 is 1.73 bits per heavy atom. The van der Waals surface area contributed by atoms with Crippen LogP contribution in [0.2, 0.25) is 0 Å². The lowest BCUT2D eigenvalue weighted by Gasteiger charge is -2.35. The molecule has 5 rings (SSSR count). The molecular formula is C27H34F2N4O6S. The summed E-state index contributed by atoms with van der Waals surface area (Å²) in [6.45, 7) is 0.886. The van der Waals surface area contributed by atoms with Gasteiger partial charge >= 0.3 is 0 Å². The van der Waals surface area contributed by atoms with E-state index in [4.69, 9.17) is 5.11 Å². The predicted molar refractivity (Wildman–Crippen MR) is 147 cm³/mol. The van der Waals surface area contributed by atoms with E-state index in [1.807, 2.05) is 0 Å². The third-order valence-corrected chi connectivity index (χ3v) is 9.65. The molecule has 1 saturated heterocycles. The number of amides is 1. The van der Waals surface area contributed by atoms with Crippen molar-refractivity contribution in [2.24, 2.45) is 5.41 Å². The Morgan fingerprint density at radius 3 is 2.35 bits per heavy atom. The Morgan fingerprint density at radius 1 is 1.05 bits per heavy atom. The highest BCUT2D eigenvalue weighted by Gasteiger charge is 2.44. The van der Waals surface area contributed by atoms with E-state index < -0.39 is 45.4 Å². The molecule has 0 radical (unpaired) electrons. The number of aliphatic hydroxyl groups is 1. The van der Waals surface area contributed by atoms with Crippen LogP contribution >= 0.6 is 0 Å².